The molecule has 6 heteroatoms. The zero-order chi connectivity index (χ0) is 15.6. The third-order valence-corrected chi connectivity index (χ3v) is 4.81. The molecule has 0 amide bonds. The number of aliphatic imine (C=N–C) groups is 1. The Kier molecular flexibility index (Phi) is 6.00. The monoisotopic (exact) mass is 431 g/mol. The number of hydrogen-bond donors (Lipinski definition) is 2. The van der Waals surface area contributed by atoms with Gasteiger partial charge in [-0.1, -0.05) is 0 Å². The minimum Gasteiger partial charge on any atom is -0.493 e. The molecule has 2 N–H and O–H groups in total. The Balaban J connectivity index is 0.00000192. The van der Waals surface area contributed by atoms with Gasteiger partial charge in [-0.05, 0) is 49.1 Å². The number of ether oxygens (including phenoxy) is 2. The molecule has 0 radical (unpaired) electrons. The highest BCUT2D eigenvalue weighted by Gasteiger charge is 2.53. The quantitative estimate of drug-likeness (QED) is 0.412. The molecule has 128 valence electrons. The van der Waals surface area contributed by atoms with Crippen LogP contribution in [0.1, 0.15) is 25.7 Å². The number of hydrogen-bond acceptors (Lipinski definition) is 3. The number of rotatable bonds is 6. The highest BCUT2D eigenvalue weighted by molar-refractivity contribution is 14.0. The molecule has 0 saturated heterocycles. The predicted molar refractivity (Wildman–Crippen MR) is 104 cm³/mol. The second-order valence-corrected chi connectivity index (χ2v) is 6.26. The second-order valence-electron chi connectivity index (χ2n) is 6.26. The van der Waals surface area contributed by atoms with Crippen molar-refractivity contribution < 1.29 is 9.47 Å². The first-order valence-electron chi connectivity index (χ1n) is 7.90. The molecule has 0 spiro atoms. The Bertz CT molecular complexity index is 569. The topological polar surface area (TPSA) is 54.9 Å². The van der Waals surface area contributed by atoms with Gasteiger partial charge in [-0.25, -0.2) is 0 Å². The molecule has 5 nitrogen and oxygen atoms in total. The van der Waals surface area contributed by atoms with E-state index in [1.807, 2.05) is 18.2 Å². The normalized spacial score (nSPS) is 18.7. The molecule has 2 saturated carbocycles. The molecule has 2 aliphatic carbocycles. The summed E-state index contributed by atoms with van der Waals surface area (Å²) in [5, 5.41) is 6.79. The van der Waals surface area contributed by atoms with Gasteiger partial charge in [0.05, 0.1) is 14.2 Å². The molecular weight excluding hydrogens is 405 g/mol. The van der Waals surface area contributed by atoms with Crippen molar-refractivity contribution in [2.45, 2.75) is 25.7 Å². The molecule has 0 aromatic heterocycles. The minimum atomic E-state index is 0. The Morgan fingerprint density at radius 2 is 1.91 bits per heavy atom. The lowest BCUT2D eigenvalue weighted by Gasteiger charge is -2.18. The Hall–Kier alpha value is -1.18. The molecule has 1 aromatic carbocycles. The number of methoxy groups -OCH3 is 2. The molecule has 0 aliphatic heterocycles. The van der Waals surface area contributed by atoms with Crippen molar-refractivity contribution in [1.29, 1.82) is 0 Å². The van der Waals surface area contributed by atoms with Crippen molar-refractivity contribution in [3.05, 3.63) is 18.2 Å². The Morgan fingerprint density at radius 1 is 1.22 bits per heavy atom. The standard InChI is InChI=1S/C17H25N3O2.HI/c1-18-16(19-11-17(8-9-17)12-4-5-12)20-13-6-7-14(21-2)15(10-13)22-3;/h6-7,10,12H,4-5,8-9,11H2,1-3H3,(H2,18,19,20);1H. The van der Waals surface area contributed by atoms with Crippen molar-refractivity contribution >= 4 is 35.6 Å². The van der Waals surface area contributed by atoms with E-state index in [2.05, 4.69) is 15.6 Å². The van der Waals surface area contributed by atoms with Gasteiger partial charge >= 0.3 is 0 Å². The van der Waals surface area contributed by atoms with Crippen LogP contribution in [0, 0.1) is 11.3 Å². The lowest BCUT2D eigenvalue weighted by atomic mass is 10.0. The van der Waals surface area contributed by atoms with Crippen molar-refractivity contribution in [3.63, 3.8) is 0 Å². The lowest BCUT2D eigenvalue weighted by Crippen LogP contribution is -2.36. The van der Waals surface area contributed by atoms with E-state index in [0.717, 1.165) is 29.9 Å². The van der Waals surface area contributed by atoms with Gasteiger partial charge in [-0.3, -0.25) is 4.99 Å². The molecule has 23 heavy (non-hydrogen) atoms. The van der Waals surface area contributed by atoms with Crippen LogP contribution in [0.4, 0.5) is 5.69 Å². The third kappa shape index (κ3) is 4.22. The summed E-state index contributed by atoms with van der Waals surface area (Å²) in [4.78, 5) is 4.31. The van der Waals surface area contributed by atoms with Crippen molar-refractivity contribution in [3.8, 4) is 11.5 Å². The first-order valence-corrected chi connectivity index (χ1v) is 7.90. The van der Waals surface area contributed by atoms with Crippen molar-refractivity contribution in [2.75, 3.05) is 33.1 Å². The summed E-state index contributed by atoms with van der Waals surface area (Å²) in [6, 6.07) is 5.77. The average molecular weight is 431 g/mol. The highest BCUT2D eigenvalue weighted by atomic mass is 127. The van der Waals surface area contributed by atoms with E-state index in [-0.39, 0.29) is 24.0 Å². The van der Waals surface area contributed by atoms with Gasteiger partial charge in [-0.2, -0.15) is 0 Å². The van der Waals surface area contributed by atoms with Crippen LogP contribution in [0.3, 0.4) is 0 Å². The highest BCUT2D eigenvalue weighted by Crippen LogP contribution is 2.60. The van der Waals surface area contributed by atoms with E-state index < -0.39 is 0 Å². The first kappa shape index (κ1) is 18.2. The fraction of sp³-hybridized carbons (Fsp3) is 0.588. The molecule has 3 rings (SSSR count). The number of anilines is 1. The lowest BCUT2D eigenvalue weighted by molar-refractivity contribution is 0.355. The van der Waals surface area contributed by atoms with Gasteiger partial charge in [0.15, 0.2) is 17.5 Å². The molecule has 0 atom stereocenters. The number of nitrogens with one attached hydrogen (secondary N) is 2. The fourth-order valence-electron chi connectivity index (χ4n) is 3.08. The number of halogens is 1. The summed E-state index contributed by atoms with van der Waals surface area (Å²) < 4.78 is 10.6. The minimum absolute atomic E-state index is 0. The summed E-state index contributed by atoms with van der Waals surface area (Å²) in [5.74, 6) is 3.18. The summed E-state index contributed by atoms with van der Waals surface area (Å²) in [6.07, 6.45) is 5.53. The van der Waals surface area contributed by atoms with Gasteiger partial charge in [-0.15, -0.1) is 24.0 Å². The van der Waals surface area contributed by atoms with Gasteiger partial charge in [0.1, 0.15) is 0 Å². The van der Waals surface area contributed by atoms with Crippen LogP contribution in [-0.4, -0.2) is 33.8 Å². The number of benzene rings is 1. The van der Waals surface area contributed by atoms with E-state index >= 15 is 0 Å². The van der Waals surface area contributed by atoms with Crippen LogP contribution in [0.25, 0.3) is 0 Å². The SMILES string of the molecule is CN=C(NCC1(C2CC2)CC1)Nc1ccc(OC)c(OC)c1.I. The fourth-order valence-corrected chi connectivity index (χ4v) is 3.08. The Morgan fingerprint density at radius 3 is 2.43 bits per heavy atom. The van der Waals surface area contributed by atoms with E-state index in [1.165, 1.54) is 25.7 Å². The molecule has 2 aliphatic rings. The van der Waals surface area contributed by atoms with Crippen molar-refractivity contribution in [1.82, 2.24) is 5.32 Å². The van der Waals surface area contributed by atoms with E-state index in [4.69, 9.17) is 9.47 Å². The summed E-state index contributed by atoms with van der Waals surface area (Å²) >= 11 is 0. The molecule has 2 fully saturated rings. The summed E-state index contributed by atoms with van der Waals surface area (Å²) in [7, 11) is 5.08. The van der Waals surface area contributed by atoms with Crippen molar-refractivity contribution in [2.24, 2.45) is 16.3 Å². The maximum absolute atomic E-state index is 5.33. The van der Waals surface area contributed by atoms with E-state index in [0.29, 0.717) is 11.2 Å². The second kappa shape index (κ2) is 7.59. The summed E-state index contributed by atoms with van der Waals surface area (Å²) in [5.41, 5.74) is 1.48. The van der Waals surface area contributed by atoms with Crippen LogP contribution in [0.2, 0.25) is 0 Å². The third-order valence-electron chi connectivity index (χ3n) is 4.81. The van der Waals surface area contributed by atoms with Gasteiger partial charge in [0, 0.05) is 25.3 Å². The zero-order valence-electron chi connectivity index (χ0n) is 14.0. The van der Waals surface area contributed by atoms with Crippen LogP contribution >= 0.6 is 24.0 Å². The molecule has 0 heterocycles. The summed E-state index contributed by atoms with van der Waals surface area (Å²) in [6.45, 7) is 1.02. The van der Waals surface area contributed by atoms with Crippen LogP contribution < -0.4 is 20.1 Å². The maximum atomic E-state index is 5.33. The van der Waals surface area contributed by atoms with Crippen LogP contribution in [0.5, 0.6) is 11.5 Å². The maximum Gasteiger partial charge on any atom is 0.195 e. The molecule has 0 bridgehead atoms. The number of guanidine groups is 1. The largest absolute Gasteiger partial charge is 0.493 e. The molecule has 0 unspecified atom stereocenters. The number of nitrogens with zero attached hydrogens (tertiary/aromatic N) is 1. The van der Waals surface area contributed by atoms with E-state index in [1.54, 1.807) is 21.3 Å². The molecule has 1 aromatic rings. The first-order chi connectivity index (χ1) is 10.7. The van der Waals surface area contributed by atoms with Crippen LogP contribution in [0.15, 0.2) is 23.2 Å². The van der Waals surface area contributed by atoms with Gasteiger partial charge < -0.3 is 20.1 Å². The van der Waals surface area contributed by atoms with Gasteiger partial charge in [0.2, 0.25) is 0 Å². The smallest absolute Gasteiger partial charge is 0.195 e. The molecular formula is C17H26IN3O2. The van der Waals surface area contributed by atoms with Crippen LogP contribution in [-0.2, 0) is 0 Å². The van der Waals surface area contributed by atoms with E-state index in [9.17, 15) is 0 Å². The average Bonchev–Trinajstić information content (AvgIpc) is 3.43. The zero-order valence-corrected chi connectivity index (χ0v) is 16.3. The predicted octanol–water partition coefficient (Wildman–Crippen LogP) is 3.50. The van der Waals surface area contributed by atoms with Gasteiger partial charge in [0.25, 0.3) is 0 Å². The Labute approximate surface area is 155 Å².